The lowest BCUT2D eigenvalue weighted by Gasteiger charge is -2.06. The van der Waals surface area contributed by atoms with Gasteiger partial charge in [0.05, 0.1) is 0 Å². The number of para-hydroxylation sites is 1. The smallest absolute Gasteiger partial charge is 0.223 e. The molecular weight excluding hydrogens is 222 g/mol. The van der Waals surface area contributed by atoms with Crippen LogP contribution >= 0.6 is 0 Å². The minimum atomic E-state index is 0.702. The lowest BCUT2D eigenvalue weighted by molar-refractivity contribution is -0.576. The monoisotopic (exact) mass is 235 g/mol. The Kier molecular flexibility index (Phi) is 2.49. The van der Waals surface area contributed by atoms with Gasteiger partial charge in [-0.1, -0.05) is 42.0 Å². The summed E-state index contributed by atoms with van der Waals surface area (Å²) in [5, 5.41) is 12.9. The van der Waals surface area contributed by atoms with Crippen LogP contribution in [0.4, 0.5) is 0 Å². The van der Waals surface area contributed by atoms with Crippen LogP contribution in [-0.2, 0) is 0 Å². The van der Waals surface area contributed by atoms with Crippen molar-refractivity contribution in [3.63, 3.8) is 0 Å². The third-order valence-electron chi connectivity index (χ3n) is 3.13. The van der Waals surface area contributed by atoms with Gasteiger partial charge < -0.3 is 5.21 Å². The zero-order chi connectivity index (χ0) is 12.5. The average Bonchev–Trinajstić information content (AvgIpc) is 2.39. The molecule has 0 radical (unpaired) electrons. The van der Waals surface area contributed by atoms with E-state index in [2.05, 4.69) is 25.1 Å². The lowest BCUT2D eigenvalue weighted by Crippen LogP contribution is -2.26. The van der Waals surface area contributed by atoms with E-state index in [4.69, 9.17) is 0 Å². The van der Waals surface area contributed by atoms with Crippen LogP contribution in [-0.4, -0.2) is 0 Å². The van der Waals surface area contributed by atoms with Crippen LogP contribution in [0.15, 0.2) is 60.8 Å². The highest BCUT2D eigenvalue weighted by Crippen LogP contribution is 2.21. The molecule has 0 saturated heterocycles. The van der Waals surface area contributed by atoms with E-state index in [0.29, 0.717) is 5.52 Å². The first-order valence-electron chi connectivity index (χ1n) is 5.93. The van der Waals surface area contributed by atoms with Gasteiger partial charge in [-0.3, -0.25) is 0 Å². The molecule has 0 bridgehead atoms. The summed E-state index contributed by atoms with van der Waals surface area (Å²) in [5.41, 5.74) is 3.93. The minimum Gasteiger partial charge on any atom is -0.618 e. The van der Waals surface area contributed by atoms with Crippen molar-refractivity contribution in [3.05, 3.63) is 71.6 Å². The first-order valence-corrected chi connectivity index (χ1v) is 5.93. The molecule has 0 aliphatic heterocycles. The van der Waals surface area contributed by atoms with E-state index >= 15 is 0 Å². The SMILES string of the molecule is Cc1ccc(-c2cc3ccccc3[n+]([O-])c2)cc1. The van der Waals surface area contributed by atoms with Crippen LogP contribution in [0, 0.1) is 12.1 Å². The summed E-state index contributed by atoms with van der Waals surface area (Å²) in [6.07, 6.45) is 1.63. The van der Waals surface area contributed by atoms with E-state index in [1.165, 1.54) is 5.56 Å². The number of pyridine rings is 1. The maximum atomic E-state index is 12.0. The van der Waals surface area contributed by atoms with E-state index in [-0.39, 0.29) is 0 Å². The van der Waals surface area contributed by atoms with Gasteiger partial charge in [-0.25, -0.2) is 0 Å². The summed E-state index contributed by atoms with van der Waals surface area (Å²) in [5.74, 6) is 0. The summed E-state index contributed by atoms with van der Waals surface area (Å²) in [6, 6.07) is 17.9. The number of aromatic nitrogens is 1. The van der Waals surface area contributed by atoms with Gasteiger partial charge in [0.1, 0.15) is 0 Å². The predicted molar refractivity (Wildman–Crippen MR) is 73.1 cm³/mol. The quantitative estimate of drug-likeness (QED) is 0.469. The molecule has 0 aliphatic carbocycles. The molecule has 0 fully saturated rings. The van der Waals surface area contributed by atoms with Crippen molar-refractivity contribution in [2.24, 2.45) is 0 Å². The van der Waals surface area contributed by atoms with E-state index in [1.54, 1.807) is 6.20 Å². The Hall–Kier alpha value is -2.35. The largest absolute Gasteiger partial charge is 0.618 e. The number of aryl methyl sites for hydroxylation is 1. The third kappa shape index (κ3) is 1.82. The average molecular weight is 235 g/mol. The van der Waals surface area contributed by atoms with Gasteiger partial charge in [0, 0.05) is 17.0 Å². The molecule has 0 N–H and O–H groups in total. The standard InChI is InChI=1S/C16H13NO/c1-12-6-8-13(9-7-12)15-10-14-4-2-3-5-16(14)17(18)11-15/h2-11H,1H3. The fourth-order valence-corrected chi connectivity index (χ4v) is 2.11. The summed E-state index contributed by atoms with van der Waals surface area (Å²) >= 11 is 0. The maximum Gasteiger partial charge on any atom is 0.223 e. The first-order chi connectivity index (χ1) is 8.74. The minimum absolute atomic E-state index is 0.702. The molecule has 88 valence electrons. The molecule has 0 unspecified atom stereocenters. The van der Waals surface area contributed by atoms with Gasteiger partial charge >= 0.3 is 0 Å². The molecule has 3 rings (SSSR count). The highest BCUT2D eigenvalue weighted by Gasteiger charge is 2.07. The number of benzene rings is 2. The summed E-state index contributed by atoms with van der Waals surface area (Å²) < 4.78 is 0.935. The summed E-state index contributed by atoms with van der Waals surface area (Å²) in [4.78, 5) is 0. The van der Waals surface area contributed by atoms with Gasteiger partial charge in [0.25, 0.3) is 0 Å². The van der Waals surface area contributed by atoms with Gasteiger partial charge in [0.2, 0.25) is 5.52 Å². The number of fused-ring (bicyclic) bond motifs is 1. The number of rotatable bonds is 1. The van der Waals surface area contributed by atoms with E-state index in [0.717, 1.165) is 21.2 Å². The fraction of sp³-hybridized carbons (Fsp3) is 0.0625. The predicted octanol–water partition coefficient (Wildman–Crippen LogP) is 3.45. The van der Waals surface area contributed by atoms with Crippen LogP contribution in [0.3, 0.4) is 0 Å². The first kappa shape index (κ1) is 10.8. The molecular formula is C16H13NO. The second kappa shape index (κ2) is 4.15. The van der Waals surface area contributed by atoms with Crippen LogP contribution in [0.5, 0.6) is 0 Å². The van der Waals surface area contributed by atoms with Crippen molar-refractivity contribution in [1.82, 2.24) is 0 Å². The molecule has 0 spiro atoms. The zero-order valence-corrected chi connectivity index (χ0v) is 10.1. The Morgan fingerprint density at radius 1 is 0.889 bits per heavy atom. The molecule has 2 aromatic carbocycles. The van der Waals surface area contributed by atoms with Gasteiger partial charge in [-0.15, -0.1) is 0 Å². The molecule has 0 atom stereocenters. The molecule has 18 heavy (non-hydrogen) atoms. The number of hydrogen-bond acceptors (Lipinski definition) is 1. The molecule has 0 amide bonds. The van der Waals surface area contributed by atoms with Crippen LogP contribution in [0.2, 0.25) is 0 Å². The van der Waals surface area contributed by atoms with Crippen LogP contribution in [0.1, 0.15) is 5.56 Å². The van der Waals surface area contributed by atoms with Crippen LogP contribution < -0.4 is 4.73 Å². The van der Waals surface area contributed by atoms with Crippen molar-refractivity contribution < 1.29 is 4.73 Å². The molecule has 0 aliphatic rings. The summed E-state index contributed by atoms with van der Waals surface area (Å²) in [6.45, 7) is 2.05. The van der Waals surface area contributed by atoms with Crippen molar-refractivity contribution >= 4 is 10.9 Å². The Balaban J connectivity index is 2.21. The highest BCUT2D eigenvalue weighted by molar-refractivity contribution is 5.80. The Morgan fingerprint density at radius 3 is 2.39 bits per heavy atom. The zero-order valence-electron chi connectivity index (χ0n) is 10.1. The Bertz CT molecular complexity index is 702. The van der Waals surface area contributed by atoms with E-state index in [1.807, 2.05) is 36.4 Å². The van der Waals surface area contributed by atoms with E-state index in [9.17, 15) is 5.21 Å². The van der Waals surface area contributed by atoms with Crippen molar-refractivity contribution in [2.75, 3.05) is 0 Å². The molecule has 2 heteroatoms. The topological polar surface area (TPSA) is 26.9 Å². The molecule has 2 nitrogen and oxygen atoms in total. The van der Waals surface area contributed by atoms with Crippen LogP contribution in [0.25, 0.3) is 22.0 Å². The Morgan fingerprint density at radius 2 is 1.61 bits per heavy atom. The normalized spacial score (nSPS) is 10.7. The highest BCUT2D eigenvalue weighted by atomic mass is 16.5. The van der Waals surface area contributed by atoms with Crippen molar-refractivity contribution in [2.45, 2.75) is 6.92 Å². The molecule has 1 heterocycles. The number of hydrogen-bond donors (Lipinski definition) is 0. The van der Waals surface area contributed by atoms with Gasteiger partial charge in [0.15, 0.2) is 6.20 Å². The third-order valence-corrected chi connectivity index (χ3v) is 3.13. The lowest BCUT2D eigenvalue weighted by atomic mass is 10.0. The van der Waals surface area contributed by atoms with Crippen molar-refractivity contribution in [1.29, 1.82) is 0 Å². The van der Waals surface area contributed by atoms with Gasteiger partial charge in [-0.2, -0.15) is 4.73 Å². The second-order valence-corrected chi connectivity index (χ2v) is 4.48. The molecule has 0 saturated carbocycles. The van der Waals surface area contributed by atoms with Gasteiger partial charge in [-0.05, 0) is 24.6 Å². The fourth-order valence-electron chi connectivity index (χ4n) is 2.11. The summed E-state index contributed by atoms with van der Waals surface area (Å²) in [7, 11) is 0. The number of nitrogens with zero attached hydrogens (tertiary/aromatic N) is 1. The maximum absolute atomic E-state index is 12.0. The second-order valence-electron chi connectivity index (χ2n) is 4.48. The molecule has 3 aromatic rings. The molecule has 1 aromatic heterocycles. The van der Waals surface area contributed by atoms with E-state index < -0.39 is 0 Å². The Labute approximate surface area is 106 Å². The van der Waals surface area contributed by atoms with Crippen molar-refractivity contribution in [3.8, 4) is 11.1 Å².